The van der Waals surface area contributed by atoms with Crippen molar-refractivity contribution in [3.63, 3.8) is 0 Å². The van der Waals surface area contributed by atoms with Crippen LogP contribution < -0.4 is 5.32 Å². The molecule has 1 aliphatic rings. The van der Waals surface area contributed by atoms with E-state index in [-0.39, 0.29) is 0 Å². The van der Waals surface area contributed by atoms with Crippen LogP contribution in [0.25, 0.3) is 0 Å². The summed E-state index contributed by atoms with van der Waals surface area (Å²) in [5.74, 6) is 0. The molecule has 1 N–H and O–H groups in total. The molecule has 1 fully saturated rings. The Bertz CT molecular complexity index is 336. The number of rotatable bonds is 6. The van der Waals surface area contributed by atoms with Gasteiger partial charge in [-0.2, -0.15) is 11.3 Å². The third-order valence-electron chi connectivity index (χ3n) is 3.27. The molecule has 4 heteroatoms. The van der Waals surface area contributed by atoms with Crippen LogP contribution in [0.4, 0.5) is 0 Å². The predicted molar refractivity (Wildman–Crippen MR) is 76.6 cm³/mol. The van der Waals surface area contributed by atoms with E-state index < -0.39 is 0 Å². The van der Waals surface area contributed by atoms with Gasteiger partial charge in [0.2, 0.25) is 0 Å². The molecule has 0 amide bonds. The second-order valence-electron chi connectivity index (χ2n) is 4.50. The molecular formula is C13H20BrNOS. The predicted octanol–water partition coefficient (Wildman–Crippen LogP) is 4.12. The molecule has 0 spiro atoms. The molecule has 1 aromatic rings. The summed E-state index contributed by atoms with van der Waals surface area (Å²) in [7, 11) is 0. The molecule has 1 aromatic heterocycles. The topological polar surface area (TPSA) is 21.3 Å². The second kappa shape index (κ2) is 6.88. The van der Waals surface area contributed by atoms with Crippen LogP contribution in [0.3, 0.4) is 0 Å². The van der Waals surface area contributed by atoms with Crippen molar-refractivity contribution in [3.8, 4) is 0 Å². The van der Waals surface area contributed by atoms with Crippen LogP contribution in [0.1, 0.15) is 44.2 Å². The Morgan fingerprint density at radius 1 is 1.59 bits per heavy atom. The molecule has 2 nitrogen and oxygen atoms in total. The fourth-order valence-electron chi connectivity index (χ4n) is 2.38. The average molecular weight is 318 g/mol. The molecule has 0 aliphatic carbocycles. The Hall–Kier alpha value is 0.100. The minimum atomic E-state index is 0.463. The maximum Gasteiger partial charge on any atom is 0.0576 e. The fraction of sp³-hybridized carbons (Fsp3) is 0.692. The first-order chi connectivity index (χ1) is 8.31. The van der Waals surface area contributed by atoms with Gasteiger partial charge in [0.1, 0.15) is 0 Å². The number of nitrogens with one attached hydrogen (secondary N) is 1. The Labute approximate surface area is 116 Å². The average Bonchev–Trinajstić information content (AvgIpc) is 2.95. The summed E-state index contributed by atoms with van der Waals surface area (Å²) in [6, 6.07) is 0.463. The largest absolute Gasteiger partial charge is 0.378 e. The lowest BCUT2D eigenvalue weighted by atomic mass is 10.0. The van der Waals surface area contributed by atoms with Gasteiger partial charge < -0.3 is 10.1 Å². The zero-order valence-electron chi connectivity index (χ0n) is 10.2. The monoisotopic (exact) mass is 317 g/mol. The first kappa shape index (κ1) is 13.5. The van der Waals surface area contributed by atoms with E-state index in [1.165, 1.54) is 29.3 Å². The highest BCUT2D eigenvalue weighted by Gasteiger charge is 2.19. The molecule has 2 heterocycles. The molecule has 1 saturated heterocycles. The van der Waals surface area contributed by atoms with Crippen molar-refractivity contribution in [2.75, 3.05) is 13.2 Å². The van der Waals surface area contributed by atoms with Crippen LogP contribution in [0.2, 0.25) is 0 Å². The lowest BCUT2D eigenvalue weighted by Crippen LogP contribution is -2.22. The van der Waals surface area contributed by atoms with E-state index in [0.29, 0.717) is 12.1 Å². The standard InChI is InChI=1S/C13H20BrNOS/c1-2-15-13(11-8-17-9-12(11)14)6-5-10-4-3-7-16-10/h8-10,13,15H,2-7H2,1H3. The van der Waals surface area contributed by atoms with Crippen molar-refractivity contribution in [1.29, 1.82) is 0 Å². The normalized spacial score (nSPS) is 21.9. The number of thiophene rings is 1. The van der Waals surface area contributed by atoms with Crippen LogP contribution in [0.15, 0.2) is 15.2 Å². The van der Waals surface area contributed by atoms with Gasteiger partial charge in [-0.15, -0.1) is 0 Å². The molecule has 0 bridgehead atoms. The van der Waals surface area contributed by atoms with E-state index in [1.54, 1.807) is 11.3 Å². The summed E-state index contributed by atoms with van der Waals surface area (Å²) in [4.78, 5) is 0. The van der Waals surface area contributed by atoms with E-state index in [9.17, 15) is 0 Å². The molecule has 2 atom stereocenters. The van der Waals surface area contributed by atoms with E-state index in [0.717, 1.165) is 19.6 Å². The Morgan fingerprint density at radius 3 is 3.06 bits per heavy atom. The van der Waals surface area contributed by atoms with Crippen molar-refractivity contribution in [1.82, 2.24) is 5.32 Å². The maximum absolute atomic E-state index is 5.69. The molecule has 2 unspecified atom stereocenters. The Balaban J connectivity index is 1.90. The van der Waals surface area contributed by atoms with Crippen molar-refractivity contribution < 1.29 is 4.74 Å². The zero-order valence-corrected chi connectivity index (χ0v) is 12.6. The van der Waals surface area contributed by atoms with Crippen LogP contribution in [-0.4, -0.2) is 19.3 Å². The lowest BCUT2D eigenvalue weighted by Gasteiger charge is -2.19. The van der Waals surface area contributed by atoms with Gasteiger partial charge in [-0.25, -0.2) is 0 Å². The molecule has 0 aromatic carbocycles. The summed E-state index contributed by atoms with van der Waals surface area (Å²) in [6.07, 6.45) is 5.30. The van der Waals surface area contributed by atoms with Crippen molar-refractivity contribution in [3.05, 3.63) is 20.8 Å². The van der Waals surface area contributed by atoms with Crippen LogP contribution >= 0.6 is 27.3 Å². The zero-order chi connectivity index (χ0) is 12.1. The SMILES string of the molecule is CCNC(CCC1CCCO1)c1cscc1Br. The Morgan fingerprint density at radius 2 is 2.47 bits per heavy atom. The molecule has 17 heavy (non-hydrogen) atoms. The summed E-state index contributed by atoms with van der Waals surface area (Å²) >= 11 is 5.39. The van der Waals surface area contributed by atoms with Crippen molar-refractivity contribution in [2.24, 2.45) is 0 Å². The first-order valence-electron chi connectivity index (χ1n) is 6.37. The molecular weight excluding hydrogens is 298 g/mol. The number of halogens is 1. The first-order valence-corrected chi connectivity index (χ1v) is 8.11. The van der Waals surface area contributed by atoms with E-state index in [4.69, 9.17) is 4.74 Å². The van der Waals surface area contributed by atoms with Crippen molar-refractivity contribution >= 4 is 27.3 Å². The second-order valence-corrected chi connectivity index (χ2v) is 6.10. The minimum Gasteiger partial charge on any atom is -0.378 e. The fourth-order valence-corrected chi connectivity index (χ4v) is 4.01. The van der Waals surface area contributed by atoms with E-state index in [1.807, 2.05) is 0 Å². The highest BCUT2D eigenvalue weighted by Crippen LogP contribution is 2.31. The van der Waals surface area contributed by atoms with Crippen LogP contribution in [0.5, 0.6) is 0 Å². The molecule has 0 radical (unpaired) electrons. The van der Waals surface area contributed by atoms with Gasteiger partial charge in [-0.05, 0) is 59.1 Å². The van der Waals surface area contributed by atoms with Gasteiger partial charge >= 0.3 is 0 Å². The quantitative estimate of drug-likeness (QED) is 0.852. The molecule has 1 aliphatic heterocycles. The van der Waals surface area contributed by atoms with Crippen LogP contribution in [0, 0.1) is 0 Å². The summed E-state index contributed by atoms with van der Waals surface area (Å²) in [6.45, 7) is 4.14. The summed E-state index contributed by atoms with van der Waals surface area (Å²) in [5, 5.41) is 7.97. The smallest absolute Gasteiger partial charge is 0.0576 e. The third kappa shape index (κ3) is 3.78. The van der Waals surface area contributed by atoms with Gasteiger partial charge in [0.15, 0.2) is 0 Å². The molecule has 96 valence electrons. The van der Waals surface area contributed by atoms with E-state index in [2.05, 4.69) is 38.9 Å². The number of ether oxygens (including phenoxy) is 1. The summed E-state index contributed by atoms with van der Waals surface area (Å²) < 4.78 is 6.93. The maximum atomic E-state index is 5.69. The minimum absolute atomic E-state index is 0.463. The lowest BCUT2D eigenvalue weighted by molar-refractivity contribution is 0.0996. The van der Waals surface area contributed by atoms with Gasteiger partial charge in [-0.3, -0.25) is 0 Å². The summed E-state index contributed by atoms with van der Waals surface area (Å²) in [5.41, 5.74) is 1.40. The van der Waals surface area contributed by atoms with Gasteiger partial charge in [0.25, 0.3) is 0 Å². The van der Waals surface area contributed by atoms with Gasteiger partial charge in [-0.1, -0.05) is 6.92 Å². The van der Waals surface area contributed by atoms with Gasteiger partial charge in [0, 0.05) is 22.5 Å². The third-order valence-corrected chi connectivity index (χ3v) is 5.02. The number of hydrogen-bond acceptors (Lipinski definition) is 3. The molecule has 2 rings (SSSR count). The van der Waals surface area contributed by atoms with Crippen LogP contribution in [-0.2, 0) is 4.74 Å². The van der Waals surface area contributed by atoms with Gasteiger partial charge in [0.05, 0.1) is 6.10 Å². The Kier molecular flexibility index (Phi) is 5.48. The highest BCUT2D eigenvalue weighted by atomic mass is 79.9. The molecule has 0 saturated carbocycles. The highest BCUT2D eigenvalue weighted by molar-refractivity contribution is 9.10. The van der Waals surface area contributed by atoms with E-state index >= 15 is 0 Å². The van der Waals surface area contributed by atoms with Crippen molar-refractivity contribution in [2.45, 2.75) is 44.8 Å². The number of hydrogen-bond donors (Lipinski definition) is 1.